The highest BCUT2D eigenvalue weighted by Crippen LogP contribution is 2.33. The summed E-state index contributed by atoms with van der Waals surface area (Å²) in [5.41, 5.74) is 22.0. The molecule has 4 aromatic carbocycles. The molecule has 42 heavy (non-hydrogen) atoms. The molecule has 0 bridgehead atoms. The Morgan fingerprint density at radius 3 is 1.02 bits per heavy atom. The van der Waals surface area contributed by atoms with Crippen molar-refractivity contribution in [3.05, 3.63) is 130 Å². The summed E-state index contributed by atoms with van der Waals surface area (Å²) < 4.78 is 0. The first-order valence-electron chi connectivity index (χ1n) is 16.5. The van der Waals surface area contributed by atoms with E-state index in [0.29, 0.717) is 11.8 Å². The molecule has 0 saturated heterocycles. The van der Waals surface area contributed by atoms with Gasteiger partial charge in [-0.05, 0) is 83.3 Å². The molecule has 4 aromatic rings. The van der Waals surface area contributed by atoms with Crippen LogP contribution in [0.1, 0.15) is 123 Å². The molecule has 2 atom stereocenters. The Bertz CT molecular complexity index is 1180. The van der Waals surface area contributed by atoms with Gasteiger partial charge < -0.3 is 11.5 Å². The van der Waals surface area contributed by atoms with E-state index in [1.807, 2.05) is 24.3 Å². The zero-order valence-corrected chi connectivity index (χ0v) is 26.0. The summed E-state index contributed by atoms with van der Waals surface area (Å²) in [5.74, 6) is 0.861. The van der Waals surface area contributed by atoms with Gasteiger partial charge in [-0.2, -0.15) is 0 Å². The van der Waals surface area contributed by atoms with Crippen molar-refractivity contribution in [3.8, 4) is 0 Å². The minimum Gasteiger partial charge on any atom is -0.399 e. The number of aryl methyl sites for hydroxylation is 2. The maximum atomic E-state index is 5.99. The summed E-state index contributed by atoms with van der Waals surface area (Å²) in [6, 6.07) is 35.8. The van der Waals surface area contributed by atoms with Crippen molar-refractivity contribution in [2.75, 3.05) is 11.5 Å². The lowest BCUT2D eigenvalue weighted by molar-refractivity contribution is 0.596. The van der Waals surface area contributed by atoms with Crippen LogP contribution in [-0.2, 0) is 12.8 Å². The molecule has 222 valence electrons. The van der Waals surface area contributed by atoms with Crippen LogP contribution in [0.15, 0.2) is 97.1 Å². The van der Waals surface area contributed by atoms with E-state index in [1.54, 1.807) is 0 Å². The fraction of sp³-hybridized carbons (Fsp3) is 0.400. The number of rotatable bonds is 17. The van der Waals surface area contributed by atoms with Crippen LogP contribution in [0.4, 0.5) is 11.4 Å². The van der Waals surface area contributed by atoms with Crippen LogP contribution in [0.3, 0.4) is 0 Å². The third-order valence-electron chi connectivity index (χ3n) is 8.84. The molecule has 0 saturated carbocycles. The van der Waals surface area contributed by atoms with Crippen molar-refractivity contribution in [2.24, 2.45) is 0 Å². The van der Waals surface area contributed by atoms with Crippen molar-refractivity contribution in [1.29, 1.82) is 0 Å². The topological polar surface area (TPSA) is 52.0 Å². The fourth-order valence-electron chi connectivity index (χ4n) is 6.18. The zero-order valence-electron chi connectivity index (χ0n) is 26.0. The first kappa shape index (κ1) is 31.4. The van der Waals surface area contributed by atoms with Crippen molar-refractivity contribution < 1.29 is 0 Å². The first-order valence-corrected chi connectivity index (χ1v) is 16.5. The van der Waals surface area contributed by atoms with Crippen LogP contribution in [-0.4, -0.2) is 0 Å². The van der Waals surface area contributed by atoms with E-state index in [9.17, 15) is 0 Å². The van der Waals surface area contributed by atoms with Gasteiger partial charge in [0, 0.05) is 23.2 Å². The largest absolute Gasteiger partial charge is 0.399 e. The smallest absolute Gasteiger partial charge is 0.0314 e. The molecule has 0 radical (unpaired) electrons. The van der Waals surface area contributed by atoms with E-state index in [4.69, 9.17) is 11.5 Å². The van der Waals surface area contributed by atoms with Crippen LogP contribution in [0.2, 0.25) is 0 Å². The Labute approximate surface area is 255 Å². The van der Waals surface area contributed by atoms with E-state index >= 15 is 0 Å². The summed E-state index contributed by atoms with van der Waals surface area (Å²) >= 11 is 0. The molecule has 2 heteroatoms. The molecule has 0 heterocycles. The molecule has 4 N–H and O–H groups in total. The molecule has 4 rings (SSSR count). The van der Waals surface area contributed by atoms with Gasteiger partial charge in [-0.15, -0.1) is 0 Å². The first-order chi connectivity index (χ1) is 20.6. The summed E-state index contributed by atoms with van der Waals surface area (Å²) in [6.07, 6.45) is 14.8. The van der Waals surface area contributed by atoms with Crippen LogP contribution in [0, 0.1) is 0 Å². The molecule has 0 aliphatic heterocycles. The van der Waals surface area contributed by atoms with Gasteiger partial charge in [0.05, 0.1) is 0 Å². The van der Waals surface area contributed by atoms with Gasteiger partial charge in [-0.3, -0.25) is 0 Å². The lowest BCUT2D eigenvalue weighted by atomic mass is 9.85. The highest BCUT2D eigenvalue weighted by molar-refractivity contribution is 5.44. The SMILES string of the molecule is CCCCCCC(c1ccc(N)cc1)c1ccc(CCc2ccc(C(CCCCCC)c3ccc(N)cc3)cc2)cc1. The predicted octanol–water partition coefficient (Wildman–Crippen LogP) is 10.8. The number of hydrogen-bond donors (Lipinski definition) is 2. The Kier molecular flexibility index (Phi) is 12.6. The average Bonchev–Trinajstić information content (AvgIpc) is 3.02. The highest BCUT2D eigenvalue weighted by Gasteiger charge is 2.16. The Hall–Kier alpha value is -3.52. The quantitative estimate of drug-likeness (QED) is 0.0996. The summed E-state index contributed by atoms with van der Waals surface area (Å²) in [7, 11) is 0. The van der Waals surface area contributed by atoms with E-state index < -0.39 is 0 Å². The van der Waals surface area contributed by atoms with Crippen molar-refractivity contribution in [1.82, 2.24) is 0 Å². The fourth-order valence-corrected chi connectivity index (χ4v) is 6.18. The van der Waals surface area contributed by atoms with Crippen LogP contribution >= 0.6 is 0 Å². The van der Waals surface area contributed by atoms with Gasteiger partial charge >= 0.3 is 0 Å². The molecular formula is C40H52N2. The molecule has 0 aromatic heterocycles. The number of hydrogen-bond acceptors (Lipinski definition) is 2. The Balaban J connectivity index is 1.39. The number of benzene rings is 4. The summed E-state index contributed by atoms with van der Waals surface area (Å²) in [6.45, 7) is 4.55. The van der Waals surface area contributed by atoms with Crippen molar-refractivity contribution in [2.45, 2.75) is 103 Å². The van der Waals surface area contributed by atoms with Crippen LogP contribution < -0.4 is 11.5 Å². The molecule has 2 unspecified atom stereocenters. The van der Waals surface area contributed by atoms with Gasteiger partial charge in [0.1, 0.15) is 0 Å². The van der Waals surface area contributed by atoms with Crippen LogP contribution in [0.25, 0.3) is 0 Å². The molecule has 0 spiro atoms. The predicted molar refractivity (Wildman–Crippen MR) is 183 cm³/mol. The zero-order chi connectivity index (χ0) is 29.6. The maximum absolute atomic E-state index is 5.99. The number of nitrogens with two attached hydrogens (primary N) is 2. The lowest BCUT2D eigenvalue weighted by Crippen LogP contribution is -2.03. The van der Waals surface area contributed by atoms with Gasteiger partial charge in [0.2, 0.25) is 0 Å². The summed E-state index contributed by atoms with van der Waals surface area (Å²) in [5, 5.41) is 0. The van der Waals surface area contributed by atoms with E-state index in [2.05, 4.69) is 86.6 Å². The molecule has 0 aliphatic rings. The number of unbranched alkanes of at least 4 members (excludes halogenated alkanes) is 6. The van der Waals surface area contributed by atoms with Gasteiger partial charge in [0.15, 0.2) is 0 Å². The van der Waals surface area contributed by atoms with E-state index in [1.165, 1.54) is 97.6 Å². The molecular weight excluding hydrogens is 508 g/mol. The van der Waals surface area contributed by atoms with Crippen molar-refractivity contribution >= 4 is 11.4 Å². The maximum Gasteiger partial charge on any atom is 0.0314 e. The molecule has 0 amide bonds. The second-order valence-electron chi connectivity index (χ2n) is 12.1. The van der Waals surface area contributed by atoms with Gasteiger partial charge in [-0.1, -0.05) is 138 Å². The van der Waals surface area contributed by atoms with Crippen molar-refractivity contribution in [3.63, 3.8) is 0 Å². The number of nitrogen functional groups attached to an aromatic ring is 2. The van der Waals surface area contributed by atoms with E-state index in [-0.39, 0.29) is 0 Å². The van der Waals surface area contributed by atoms with Gasteiger partial charge in [0.25, 0.3) is 0 Å². The third-order valence-corrected chi connectivity index (χ3v) is 8.84. The Morgan fingerprint density at radius 1 is 0.405 bits per heavy atom. The summed E-state index contributed by atoms with van der Waals surface area (Å²) in [4.78, 5) is 0. The monoisotopic (exact) mass is 560 g/mol. The average molecular weight is 561 g/mol. The number of anilines is 2. The van der Waals surface area contributed by atoms with Crippen LogP contribution in [0.5, 0.6) is 0 Å². The van der Waals surface area contributed by atoms with Gasteiger partial charge in [-0.25, -0.2) is 0 Å². The standard InChI is InChI=1S/C40H52N2/c1-3-5-7-9-11-39(35-23-27-37(41)28-24-35)33-19-15-31(16-20-33)13-14-32-17-21-34(22-18-32)40(12-10-8-6-4-2)36-25-29-38(42)30-26-36/h15-30,39-40H,3-14,41-42H2,1-2H3. The lowest BCUT2D eigenvalue weighted by Gasteiger charge is -2.19. The molecule has 0 fully saturated rings. The minimum absolute atomic E-state index is 0.431. The normalized spacial score (nSPS) is 12.7. The van der Waals surface area contributed by atoms with E-state index in [0.717, 1.165) is 24.2 Å². The molecule has 0 aliphatic carbocycles. The Morgan fingerprint density at radius 2 is 0.714 bits per heavy atom. The third kappa shape index (κ3) is 9.51. The second-order valence-corrected chi connectivity index (χ2v) is 12.1. The minimum atomic E-state index is 0.431. The molecule has 2 nitrogen and oxygen atoms in total. The highest BCUT2D eigenvalue weighted by atomic mass is 14.5. The second kappa shape index (κ2) is 16.8.